The SMILES string of the molecule is CCOC(=O)c1c2c(nn1CC1(N)CNC1)-c1cc(Cl)ncc1CC2.Cl.Cl. The van der Waals surface area contributed by atoms with Crippen LogP contribution in [0.4, 0.5) is 0 Å². The van der Waals surface area contributed by atoms with Crippen LogP contribution >= 0.6 is 36.4 Å². The van der Waals surface area contributed by atoms with Crippen LogP contribution in [0.3, 0.4) is 0 Å². The number of fused-ring (bicyclic) bond motifs is 3. The fraction of sp³-hybridized carbons (Fsp3) is 0.471. The van der Waals surface area contributed by atoms with Crippen molar-refractivity contribution in [2.45, 2.75) is 31.8 Å². The summed E-state index contributed by atoms with van der Waals surface area (Å²) >= 11 is 6.07. The molecule has 1 aliphatic carbocycles. The van der Waals surface area contributed by atoms with E-state index in [9.17, 15) is 4.79 Å². The number of carbonyl (C=O) groups is 1. The Kier molecular flexibility index (Phi) is 6.76. The molecule has 7 nitrogen and oxygen atoms in total. The number of pyridine rings is 1. The van der Waals surface area contributed by atoms with E-state index in [0.29, 0.717) is 37.1 Å². The number of nitrogens with zero attached hydrogens (tertiary/aromatic N) is 3. The Bertz CT molecular complexity index is 851. The summed E-state index contributed by atoms with van der Waals surface area (Å²) in [4.78, 5) is 16.7. The minimum absolute atomic E-state index is 0. The molecule has 0 radical (unpaired) electrons. The van der Waals surface area contributed by atoms with Gasteiger partial charge in [-0.25, -0.2) is 9.78 Å². The zero-order chi connectivity index (χ0) is 17.6. The van der Waals surface area contributed by atoms with Crippen molar-refractivity contribution in [2.24, 2.45) is 5.73 Å². The van der Waals surface area contributed by atoms with Crippen molar-refractivity contribution in [3.63, 3.8) is 0 Å². The van der Waals surface area contributed by atoms with Gasteiger partial charge in [-0.05, 0) is 31.4 Å². The number of aromatic nitrogens is 3. The van der Waals surface area contributed by atoms with Crippen LogP contribution in [0.25, 0.3) is 11.3 Å². The van der Waals surface area contributed by atoms with Crippen molar-refractivity contribution < 1.29 is 9.53 Å². The van der Waals surface area contributed by atoms with Crippen LogP contribution in [0.2, 0.25) is 5.15 Å². The van der Waals surface area contributed by atoms with Crippen molar-refractivity contribution in [3.8, 4) is 11.3 Å². The lowest BCUT2D eigenvalue weighted by atomic mass is 9.90. The number of hydrogen-bond acceptors (Lipinski definition) is 6. The molecular formula is C17H22Cl3N5O2. The van der Waals surface area contributed by atoms with Gasteiger partial charge in [0.2, 0.25) is 0 Å². The summed E-state index contributed by atoms with van der Waals surface area (Å²) in [5.74, 6) is -0.351. The van der Waals surface area contributed by atoms with E-state index in [1.165, 1.54) is 0 Å². The monoisotopic (exact) mass is 433 g/mol. The van der Waals surface area contributed by atoms with Crippen LogP contribution in [0.15, 0.2) is 12.3 Å². The Balaban J connectivity index is 0.00000131. The number of carbonyl (C=O) groups excluding carboxylic acids is 1. The normalized spacial score (nSPS) is 16.1. The molecule has 10 heteroatoms. The molecule has 0 saturated carbocycles. The third-order valence-corrected chi connectivity index (χ3v) is 5.00. The molecule has 3 N–H and O–H groups in total. The van der Waals surface area contributed by atoms with Gasteiger partial charge >= 0.3 is 5.97 Å². The van der Waals surface area contributed by atoms with Crippen molar-refractivity contribution >= 4 is 42.4 Å². The summed E-state index contributed by atoms with van der Waals surface area (Å²) in [5.41, 5.74) is 10.2. The number of nitrogens with two attached hydrogens (primary N) is 1. The number of ether oxygens (including phenoxy) is 1. The number of esters is 1. The maximum absolute atomic E-state index is 12.6. The van der Waals surface area contributed by atoms with E-state index >= 15 is 0 Å². The van der Waals surface area contributed by atoms with Gasteiger partial charge in [0.15, 0.2) is 0 Å². The lowest BCUT2D eigenvalue weighted by Gasteiger charge is -2.39. The van der Waals surface area contributed by atoms with Gasteiger partial charge < -0.3 is 15.8 Å². The van der Waals surface area contributed by atoms with E-state index < -0.39 is 5.54 Å². The van der Waals surface area contributed by atoms with E-state index in [4.69, 9.17) is 27.2 Å². The number of halogens is 3. The molecule has 2 aromatic rings. The maximum Gasteiger partial charge on any atom is 0.356 e. The summed E-state index contributed by atoms with van der Waals surface area (Å²) in [6.07, 6.45) is 3.29. The van der Waals surface area contributed by atoms with Crippen LogP contribution in [-0.4, -0.2) is 46.0 Å². The van der Waals surface area contributed by atoms with Crippen molar-refractivity contribution in [1.82, 2.24) is 20.1 Å². The predicted octanol–water partition coefficient (Wildman–Crippen LogP) is 2.02. The Labute approximate surface area is 174 Å². The van der Waals surface area contributed by atoms with Gasteiger partial charge in [-0.3, -0.25) is 4.68 Å². The van der Waals surface area contributed by atoms with Gasteiger partial charge in [0, 0.05) is 30.4 Å². The zero-order valence-corrected chi connectivity index (χ0v) is 17.2. The summed E-state index contributed by atoms with van der Waals surface area (Å²) in [7, 11) is 0. The summed E-state index contributed by atoms with van der Waals surface area (Å²) < 4.78 is 6.99. The van der Waals surface area contributed by atoms with Crippen LogP contribution in [0, 0.1) is 0 Å². The predicted molar refractivity (Wildman–Crippen MR) is 108 cm³/mol. The van der Waals surface area contributed by atoms with Crippen LogP contribution in [0.1, 0.15) is 28.5 Å². The Morgan fingerprint density at radius 1 is 1.41 bits per heavy atom. The van der Waals surface area contributed by atoms with Crippen LogP contribution < -0.4 is 11.1 Å². The molecule has 148 valence electrons. The molecule has 0 amide bonds. The lowest BCUT2D eigenvalue weighted by Crippen LogP contribution is -2.67. The molecule has 0 atom stereocenters. The first kappa shape index (κ1) is 21.9. The van der Waals surface area contributed by atoms with Gasteiger partial charge in [0.25, 0.3) is 0 Å². The zero-order valence-electron chi connectivity index (χ0n) is 14.8. The molecule has 27 heavy (non-hydrogen) atoms. The summed E-state index contributed by atoms with van der Waals surface area (Å²) in [5, 5.41) is 8.31. The molecule has 4 rings (SSSR count). The maximum atomic E-state index is 12.6. The first-order chi connectivity index (χ1) is 12.0. The van der Waals surface area contributed by atoms with Gasteiger partial charge in [-0.1, -0.05) is 11.6 Å². The van der Waals surface area contributed by atoms with Gasteiger partial charge in [-0.2, -0.15) is 5.10 Å². The molecule has 1 saturated heterocycles. The highest BCUT2D eigenvalue weighted by Crippen LogP contribution is 2.36. The Hall–Kier alpha value is -1.38. The first-order valence-corrected chi connectivity index (χ1v) is 8.80. The highest BCUT2D eigenvalue weighted by Gasteiger charge is 2.37. The first-order valence-electron chi connectivity index (χ1n) is 8.42. The van der Waals surface area contributed by atoms with Crippen LogP contribution in [-0.2, 0) is 24.1 Å². The second-order valence-corrected chi connectivity index (χ2v) is 7.07. The topological polar surface area (TPSA) is 95.1 Å². The van der Waals surface area contributed by atoms with E-state index in [1.807, 2.05) is 6.07 Å². The number of nitrogens with one attached hydrogen (secondary N) is 1. The minimum Gasteiger partial charge on any atom is -0.461 e. The third-order valence-electron chi connectivity index (χ3n) is 4.79. The van der Waals surface area contributed by atoms with Crippen molar-refractivity contribution in [3.05, 3.63) is 34.2 Å². The van der Waals surface area contributed by atoms with E-state index in [2.05, 4.69) is 10.3 Å². The largest absolute Gasteiger partial charge is 0.461 e. The minimum atomic E-state index is -0.394. The van der Waals surface area contributed by atoms with Crippen molar-refractivity contribution in [2.75, 3.05) is 19.7 Å². The number of hydrogen-bond donors (Lipinski definition) is 2. The highest BCUT2D eigenvalue weighted by atomic mass is 35.5. The Morgan fingerprint density at radius 2 is 2.15 bits per heavy atom. The third kappa shape index (κ3) is 3.93. The molecular weight excluding hydrogens is 413 g/mol. The lowest BCUT2D eigenvalue weighted by molar-refractivity contribution is 0.0507. The molecule has 0 spiro atoms. The van der Waals surface area contributed by atoms with Gasteiger partial charge in [-0.15, -0.1) is 24.8 Å². The number of rotatable bonds is 4. The molecule has 0 unspecified atom stereocenters. The quantitative estimate of drug-likeness (QED) is 0.565. The molecule has 2 aromatic heterocycles. The van der Waals surface area contributed by atoms with E-state index in [-0.39, 0.29) is 30.8 Å². The second-order valence-electron chi connectivity index (χ2n) is 6.68. The fourth-order valence-electron chi connectivity index (χ4n) is 3.49. The molecule has 1 aliphatic heterocycles. The number of aryl methyl sites for hydroxylation is 1. The van der Waals surface area contributed by atoms with E-state index in [0.717, 1.165) is 35.2 Å². The summed E-state index contributed by atoms with van der Waals surface area (Å²) in [6.45, 7) is 3.99. The van der Waals surface area contributed by atoms with Gasteiger partial charge in [0.05, 0.1) is 24.4 Å². The molecule has 0 bridgehead atoms. The smallest absolute Gasteiger partial charge is 0.356 e. The molecule has 3 heterocycles. The fourth-order valence-corrected chi connectivity index (χ4v) is 3.65. The molecule has 0 aromatic carbocycles. The highest BCUT2D eigenvalue weighted by molar-refractivity contribution is 6.29. The van der Waals surface area contributed by atoms with E-state index in [1.54, 1.807) is 17.8 Å². The van der Waals surface area contributed by atoms with Gasteiger partial charge in [0.1, 0.15) is 10.8 Å². The average Bonchev–Trinajstić information content (AvgIpc) is 2.92. The van der Waals surface area contributed by atoms with Crippen LogP contribution in [0.5, 0.6) is 0 Å². The second kappa shape index (κ2) is 8.32. The van der Waals surface area contributed by atoms with Crippen molar-refractivity contribution in [1.29, 1.82) is 0 Å². The molecule has 1 fully saturated rings. The average molecular weight is 435 g/mol. The standard InChI is InChI=1S/C17H20ClN5O2.2ClH/c1-2-25-16(24)15-11-4-3-10-6-21-13(18)5-12(10)14(11)22-23(15)9-17(19)7-20-8-17;;/h5-6,20H,2-4,7-9,19H2,1H3;2*1H. The Morgan fingerprint density at radius 3 is 2.78 bits per heavy atom. The summed E-state index contributed by atoms with van der Waals surface area (Å²) in [6, 6.07) is 1.81. The molecule has 2 aliphatic rings.